The third-order valence-electron chi connectivity index (χ3n) is 5.69. The first-order valence-corrected chi connectivity index (χ1v) is 12.1. The summed E-state index contributed by atoms with van der Waals surface area (Å²) in [7, 11) is 0. The maximum atomic E-state index is 13.3. The van der Waals surface area contributed by atoms with Crippen molar-refractivity contribution in [2.24, 2.45) is 5.92 Å². The summed E-state index contributed by atoms with van der Waals surface area (Å²) in [5.74, 6) is -1.35. The Morgan fingerprint density at radius 2 is 1.67 bits per heavy atom. The van der Waals surface area contributed by atoms with Crippen LogP contribution in [0.25, 0.3) is 0 Å². The fourth-order valence-electron chi connectivity index (χ4n) is 3.78. The first kappa shape index (κ1) is 26.9. The van der Waals surface area contributed by atoms with Crippen LogP contribution in [0.5, 0.6) is 0 Å². The molecule has 0 spiro atoms. The van der Waals surface area contributed by atoms with E-state index in [2.05, 4.69) is 31.7 Å². The summed E-state index contributed by atoms with van der Waals surface area (Å²) < 4.78 is 5.18. The number of nitrogens with zero attached hydrogens (tertiary/aromatic N) is 1. The second-order valence-electron chi connectivity index (χ2n) is 9.28. The van der Waals surface area contributed by atoms with Gasteiger partial charge in [-0.05, 0) is 24.8 Å². The molecule has 36 heavy (non-hydrogen) atoms. The molecule has 11 heteroatoms. The van der Waals surface area contributed by atoms with E-state index in [4.69, 9.17) is 4.52 Å². The zero-order chi connectivity index (χ0) is 26.1. The van der Waals surface area contributed by atoms with Gasteiger partial charge in [-0.1, -0.05) is 49.3 Å². The minimum Gasteiger partial charge on any atom is -0.359 e. The lowest BCUT2D eigenvalue weighted by molar-refractivity contribution is -0.132. The number of benzene rings is 1. The Balaban J connectivity index is 1.83. The van der Waals surface area contributed by atoms with Crippen molar-refractivity contribution < 1.29 is 23.7 Å². The zero-order valence-electron chi connectivity index (χ0n) is 20.8. The largest absolute Gasteiger partial charge is 0.359 e. The lowest BCUT2D eigenvalue weighted by atomic mass is 10.0. The molecule has 1 aromatic carbocycles. The Kier molecular flexibility index (Phi) is 9.57. The van der Waals surface area contributed by atoms with Crippen molar-refractivity contribution in [3.8, 4) is 0 Å². The minimum atomic E-state index is -0.930. The Bertz CT molecular complexity index is 1050. The minimum absolute atomic E-state index is 0.0427. The highest BCUT2D eigenvalue weighted by molar-refractivity contribution is 5.97. The summed E-state index contributed by atoms with van der Waals surface area (Å²) in [6, 6.07) is 8.22. The molecule has 0 radical (unpaired) electrons. The molecule has 0 unspecified atom stereocenters. The number of carbonyl (C=O) groups excluding carboxylic acids is 4. The van der Waals surface area contributed by atoms with Gasteiger partial charge in [0, 0.05) is 25.6 Å². The lowest BCUT2D eigenvalue weighted by Crippen LogP contribution is -2.57. The van der Waals surface area contributed by atoms with Crippen LogP contribution >= 0.6 is 0 Å². The van der Waals surface area contributed by atoms with Gasteiger partial charge in [0.2, 0.25) is 17.7 Å². The van der Waals surface area contributed by atoms with Gasteiger partial charge in [-0.2, -0.15) is 0 Å². The molecular weight excluding hydrogens is 464 g/mol. The maximum Gasteiger partial charge on any atom is 0.274 e. The molecule has 0 aliphatic carbocycles. The predicted molar refractivity (Wildman–Crippen MR) is 132 cm³/mol. The quantitative estimate of drug-likeness (QED) is 0.405. The molecule has 1 aliphatic rings. The SMILES string of the molecule is CC(C)C[C@H]1NC(=O)[C@@H](C)NC(=O)c2cc(on2)CNCCNC(=O)[C@@H](Cc2ccccc2)NC1=O. The van der Waals surface area contributed by atoms with Crippen LogP contribution in [0.15, 0.2) is 40.9 Å². The van der Waals surface area contributed by atoms with Crippen molar-refractivity contribution in [2.45, 2.75) is 58.3 Å². The Morgan fingerprint density at radius 3 is 2.39 bits per heavy atom. The second-order valence-corrected chi connectivity index (χ2v) is 9.28. The lowest BCUT2D eigenvalue weighted by Gasteiger charge is -2.25. The van der Waals surface area contributed by atoms with Gasteiger partial charge in [-0.15, -0.1) is 0 Å². The molecule has 3 rings (SSSR count). The van der Waals surface area contributed by atoms with Gasteiger partial charge < -0.3 is 31.1 Å². The van der Waals surface area contributed by atoms with E-state index in [9.17, 15) is 19.2 Å². The summed E-state index contributed by atoms with van der Waals surface area (Å²) in [6.07, 6.45) is 0.649. The molecule has 1 aliphatic heterocycles. The normalized spacial score (nSPS) is 22.6. The van der Waals surface area contributed by atoms with Crippen LogP contribution in [-0.2, 0) is 27.3 Å². The number of nitrogens with one attached hydrogen (secondary N) is 5. The molecule has 0 saturated carbocycles. The van der Waals surface area contributed by atoms with E-state index in [1.165, 1.54) is 13.0 Å². The average molecular weight is 499 g/mol. The molecule has 11 nitrogen and oxygen atoms in total. The van der Waals surface area contributed by atoms with Crippen molar-refractivity contribution >= 4 is 23.6 Å². The van der Waals surface area contributed by atoms with E-state index in [1.807, 2.05) is 44.2 Å². The van der Waals surface area contributed by atoms with E-state index < -0.39 is 35.8 Å². The Morgan fingerprint density at radius 1 is 0.944 bits per heavy atom. The molecule has 4 amide bonds. The summed E-state index contributed by atoms with van der Waals surface area (Å²) in [5, 5.41) is 17.8. The Labute approximate surface area is 210 Å². The van der Waals surface area contributed by atoms with Gasteiger partial charge in [-0.25, -0.2) is 0 Å². The van der Waals surface area contributed by atoms with Crippen LogP contribution in [-0.4, -0.2) is 60.0 Å². The number of fused-ring (bicyclic) bond motifs is 2. The molecular formula is C25H34N6O5. The molecule has 3 atom stereocenters. The molecule has 0 saturated heterocycles. The predicted octanol–water partition coefficient (Wildman–Crippen LogP) is 0.271. The first-order chi connectivity index (χ1) is 17.2. The monoisotopic (exact) mass is 498 g/mol. The summed E-state index contributed by atoms with van der Waals surface area (Å²) in [6.45, 7) is 6.42. The molecule has 1 aromatic heterocycles. The topological polar surface area (TPSA) is 154 Å². The third kappa shape index (κ3) is 7.91. The second kappa shape index (κ2) is 12.8. The summed E-state index contributed by atoms with van der Waals surface area (Å²) >= 11 is 0. The molecule has 5 N–H and O–H groups in total. The van der Waals surface area contributed by atoms with Crippen molar-refractivity contribution in [3.63, 3.8) is 0 Å². The van der Waals surface area contributed by atoms with Crippen molar-refractivity contribution in [2.75, 3.05) is 13.1 Å². The van der Waals surface area contributed by atoms with Gasteiger partial charge in [0.15, 0.2) is 11.5 Å². The van der Waals surface area contributed by atoms with E-state index >= 15 is 0 Å². The number of aromatic nitrogens is 1. The number of carbonyl (C=O) groups is 4. The molecule has 0 fully saturated rings. The highest BCUT2D eigenvalue weighted by Gasteiger charge is 2.29. The van der Waals surface area contributed by atoms with Crippen LogP contribution < -0.4 is 26.6 Å². The summed E-state index contributed by atoms with van der Waals surface area (Å²) in [4.78, 5) is 51.6. The van der Waals surface area contributed by atoms with Crippen molar-refractivity contribution in [1.82, 2.24) is 31.7 Å². The van der Waals surface area contributed by atoms with Gasteiger partial charge in [0.25, 0.3) is 5.91 Å². The highest BCUT2D eigenvalue weighted by atomic mass is 16.5. The molecule has 2 heterocycles. The number of hydrogen-bond acceptors (Lipinski definition) is 7. The highest BCUT2D eigenvalue weighted by Crippen LogP contribution is 2.09. The average Bonchev–Trinajstić information content (AvgIpc) is 3.31. The standard InChI is InChI=1S/C25H34N6O5/c1-15(2)11-19-24(34)30-20(12-17-7-5-4-6-8-17)23(33)27-10-9-26-14-18-13-21(31-36-18)25(35)28-16(3)22(32)29-19/h4-8,13,15-16,19-20,26H,9-12,14H2,1-3H3,(H,27,33)(H,28,35)(H,29,32)(H,30,34)/t16-,19-,20-/m1/s1. The van der Waals surface area contributed by atoms with Crippen molar-refractivity contribution in [1.29, 1.82) is 0 Å². The van der Waals surface area contributed by atoms with E-state index in [1.54, 1.807) is 0 Å². The third-order valence-corrected chi connectivity index (χ3v) is 5.69. The van der Waals surface area contributed by atoms with Crippen LogP contribution in [0.1, 0.15) is 49.0 Å². The van der Waals surface area contributed by atoms with E-state index in [-0.39, 0.29) is 17.5 Å². The van der Waals surface area contributed by atoms with Crippen LogP contribution in [0.2, 0.25) is 0 Å². The van der Waals surface area contributed by atoms with Gasteiger partial charge in [-0.3, -0.25) is 19.2 Å². The number of rotatable bonds is 4. The molecule has 194 valence electrons. The molecule has 2 aromatic rings. The van der Waals surface area contributed by atoms with E-state index in [0.717, 1.165) is 5.56 Å². The fourth-order valence-corrected chi connectivity index (χ4v) is 3.78. The molecule has 2 bridgehead atoms. The smallest absolute Gasteiger partial charge is 0.274 e. The Hall–Kier alpha value is -3.73. The number of hydrogen-bond donors (Lipinski definition) is 5. The van der Waals surface area contributed by atoms with Crippen LogP contribution in [0.4, 0.5) is 0 Å². The fraction of sp³-hybridized carbons (Fsp3) is 0.480. The first-order valence-electron chi connectivity index (χ1n) is 12.1. The summed E-state index contributed by atoms with van der Waals surface area (Å²) in [5.41, 5.74) is 0.932. The van der Waals surface area contributed by atoms with Crippen LogP contribution in [0.3, 0.4) is 0 Å². The number of amides is 4. The van der Waals surface area contributed by atoms with Crippen molar-refractivity contribution in [3.05, 3.63) is 53.4 Å². The zero-order valence-corrected chi connectivity index (χ0v) is 20.8. The maximum absolute atomic E-state index is 13.3. The van der Waals surface area contributed by atoms with E-state index in [0.29, 0.717) is 38.2 Å². The van der Waals surface area contributed by atoms with Gasteiger partial charge in [0.1, 0.15) is 18.1 Å². The van der Waals surface area contributed by atoms with Gasteiger partial charge in [0.05, 0.1) is 6.54 Å². The van der Waals surface area contributed by atoms with Crippen LogP contribution in [0, 0.1) is 5.92 Å². The van der Waals surface area contributed by atoms with Gasteiger partial charge >= 0.3 is 0 Å².